The molecule has 0 fully saturated rings. The van der Waals surface area contributed by atoms with E-state index < -0.39 is 57.8 Å². The molecule has 460 valence electrons. The quantitative estimate of drug-likeness (QED) is 0.0197. The van der Waals surface area contributed by atoms with Crippen molar-refractivity contribution in [2.75, 3.05) is 26.4 Å². The fourth-order valence-electron chi connectivity index (χ4n) is 8.65. The van der Waals surface area contributed by atoms with Crippen molar-refractivity contribution in [1.82, 2.24) is 0 Å². The minimum atomic E-state index is -4.78. The highest BCUT2D eigenvalue weighted by Crippen LogP contribution is 2.43. The minimum Gasteiger partial charge on any atom is -0.462 e. The summed E-state index contributed by atoms with van der Waals surface area (Å²) in [5.74, 6) is -1.57. The molecule has 0 aliphatic heterocycles. The number of carbonyl (C=O) groups excluding carboxylic acids is 3. The van der Waals surface area contributed by atoms with Crippen LogP contribution in [0.15, 0.2) is 97.2 Å². The van der Waals surface area contributed by atoms with Crippen LogP contribution in [0.4, 0.5) is 0 Å². The maximum atomic E-state index is 12.9. The third-order valence-corrected chi connectivity index (χ3v) is 14.5. The lowest BCUT2D eigenvalue weighted by Crippen LogP contribution is -2.30. The third-order valence-electron chi connectivity index (χ3n) is 13.5. The molecule has 0 amide bonds. The van der Waals surface area contributed by atoms with E-state index in [-0.39, 0.29) is 25.9 Å². The Morgan fingerprint density at radius 1 is 0.362 bits per heavy atom. The van der Waals surface area contributed by atoms with Crippen LogP contribution in [0.2, 0.25) is 0 Å². The number of carbonyl (C=O) groups is 3. The van der Waals surface area contributed by atoms with E-state index in [1.165, 1.54) is 128 Å². The van der Waals surface area contributed by atoms with Crippen LogP contribution in [0, 0.1) is 0 Å². The van der Waals surface area contributed by atoms with E-state index in [9.17, 15) is 28.9 Å². The van der Waals surface area contributed by atoms with Crippen LogP contribution < -0.4 is 0 Å². The molecule has 80 heavy (non-hydrogen) atoms. The second-order valence-electron chi connectivity index (χ2n) is 21.2. The molecule has 3 atom stereocenters. The summed E-state index contributed by atoms with van der Waals surface area (Å²) >= 11 is 0. The molecule has 0 aromatic heterocycles. The normalized spacial score (nSPS) is 13.9. The molecule has 0 rings (SSSR count). The Morgan fingerprint density at radius 2 is 0.675 bits per heavy atom. The number of hydrogen-bond acceptors (Lipinski definition) is 10. The highest BCUT2D eigenvalue weighted by Gasteiger charge is 2.28. The van der Waals surface area contributed by atoms with Gasteiger partial charge in [0.05, 0.1) is 19.8 Å². The number of unbranched alkanes of at least 4 members (excludes halogenated alkanes) is 26. The molecule has 11 nitrogen and oxygen atoms in total. The van der Waals surface area contributed by atoms with E-state index >= 15 is 0 Å². The van der Waals surface area contributed by atoms with Crippen molar-refractivity contribution in [1.29, 1.82) is 0 Å². The van der Waals surface area contributed by atoms with Crippen LogP contribution in [0.5, 0.6) is 0 Å². The Bertz CT molecular complexity index is 1710. The maximum absolute atomic E-state index is 12.9. The van der Waals surface area contributed by atoms with Crippen molar-refractivity contribution in [3.8, 4) is 0 Å². The van der Waals surface area contributed by atoms with Crippen LogP contribution in [0.25, 0.3) is 0 Å². The summed E-state index contributed by atoms with van der Waals surface area (Å²) in [6.07, 6.45) is 73.7. The van der Waals surface area contributed by atoms with Gasteiger partial charge in [-0.3, -0.25) is 23.4 Å². The van der Waals surface area contributed by atoms with E-state index in [2.05, 4.69) is 106 Å². The number of phosphoric acid groups is 1. The first-order valence-corrected chi connectivity index (χ1v) is 33.6. The van der Waals surface area contributed by atoms with Crippen molar-refractivity contribution in [3.63, 3.8) is 0 Å². The lowest BCUT2D eigenvalue weighted by atomic mass is 10.0. The smallest absolute Gasteiger partial charge is 0.462 e. The van der Waals surface area contributed by atoms with Gasteiger partial charge < -0.3 is 24.2 Å². The fraction of sp³-hybridized carbons (Fsp3) is 0.721. The molecule has 0 saturated heterocycles. The number of esters is 3. The van der Waals surface area contributed by atoms with Crippen molar-refractivity contribution in [2.45, 2.75) is 290 Å². The summed E-state index contributed by atoms with van der Waals surface area (Å²) < 4.78 is 39.6. The van der Waals surface area contributed by atoms with Crippen molar-refractivity contribution < 1.29 is 52.2 Å². The number of aliphatic hydroxyl groups is 1. The van der Waals surface area contributed by atoms with E-state index in [1.807, 2.05) is 12.2 Å². The summed E-state index contributed by atoms with van der Waals surface area (Å²) in [5, 5.41) is 9.85. The maximum Gasteiger partial charge on any atom is 0.472 e. The van der Waals surface area contributed by atoms with E-state index in [0.717, 1.165) is 83.5 Å². The summed E-state index contributed by atoms with van der Waals surface area (Å²) in [7, 11) is -4.78. The zero-order valence-electron chi connectivity index (χ0n) is 51.0. The van der Waals surface area contributed by atoms with Crippen LogP contribution in [-0.2, 0) is 42.2 Å². The summed E-state index contributed by atoms with van der Waals surface area (Å²) in [4.78, 5) is 48.7. The number of phosphoric ester groups is 1. The van der Waals surface area contributed by atoms with Crippen LogP contribution in [0.3, 0.4) is 0 Å². The van der Waals surface area contributed by atoms with Crippen molar-refractivity contribution in [2.24, 2.45) is 0 Å². The van der Waals surface area contributed by atoms with Gasteiger partial charge in [-0.25, -0.2) is 4.57 Å². The van der Waals surface area contributed by atoms with Gasteiger partial charge in [-0.05, 0) is 89.9 Å². The zero-order valence-corrected chi connectivity index (χ0v) is 51.9. The van der Waals surface area contributed by atoms with Gasteiger partial charge in [-0.2, -0.15) is 0 Å². The standard InChI is InChI=1S/C68H117O11P/c1-4-7-10-13-16-19-22-25-28-30-32-34-37-39-42-45-48-51-54-57-66(70)75-61-65(79-68(72)59-56-53-50-47-44-41-38-35-33-31-29-26-23-20-17-14-11-8-5-2)63-77-80(73,74)76-62-64(60-69)78-67(71)58-55-52-49-46-43-40-36-27-24-21-18-15-12-9-6-3/h8,11,16-17,19-20,25-26,28-29,33,35,41,44,50,53,64-65,69H,4-7,9-10,12-15,18,21-24,27,30-32,34,36-40,42-43,45-49,51-52,54-63H2,1-3H3,(H,73,74)/b11-8-,19-16-,20-17-,28-25-,29-26-,35-33-,44-41-,53-50-. The molecule has 0 aliphatic carbocycles. The Kier molecular flexibility index (Phi) is 58.7. The Morgan fingerprint density at radius 3 is 1.10 bits per heavy atom. The summed E-state index contributed by atoms with van der Waals surface area (Å²) in [6.45, 7) is 4.45. The number of ether oxygens (including phenoxy) is 3. The number of hydrogen-bond donors (Lipinski definition) is 2. The number of aliphatic hydroxyl groups excluding tert-OH is 1. The average molecular weight is 1140 g/mol. The molecule has 2 N–H and O–H groups in total. The van der Waals surface area contributed by atoms with Gasteiger partial charge >= 0.3 is 25.7 Å². The van der Waals surface area contributed by atoms with Crippen LogP contribution in [0.1, 0.15) is 278 Å². The molecule has 0 spiro atoms. The van der Waals surface area contributed by atoms with Crippen molar-refractivity contribution >= 4 is 25.7 Å². The molecule has 0 heterocycles. The van der Waals surface area contributed by atoms with Gasteiger partial charge in [0.15, 0.2) is 6.10 Å². The molecule has 0 aromatic carbocycles. The monoisotopic (exact) mass is 1140 g/mol. The lowest BCUT2D eigenvalue weighted by Gasteiger charge is -2.21. The fourth-order valence-corrected chi connectivity index (χ4v) is 9.43. The highest BCUT2D eigenvalue weighted by atomic mass is 31.2. The predicted octanol–water partition coefficient (Wildman–Crippen LogP) is 19.6. The second kappa shape index (κ2) is 61.5. The molecule has 0 radical (unpaired) electrons. The second-order valence-corrected chi connectivity index (χ2v) is 22.7. The molecule has 0 bridgehead atoms. The first kappa shape index (κ1) is 76.4. The number of rotatable bonds is 59. The van der Waals surface area contributed by atoms with Crippen molar-refractivity contribution in [3.05, 3.63) is 97.2 Å². The molecular formula is C68H117O11P. The summed E-state index contributed by atoms with van der Waals surface area (Å²) in [5.41, 5.74) is 0. The Balaban J connectivity index is 4.81. The molecule has 0 aromatic rings. The average Bonchev–Trinajstić information content (AvgIpc) is 3.45. The van der Waals surface area contributed by atoms with Gasteiger partial charge in [0.2, 0.25) is 0 Å². The third kappa shape index (κ3) is 59.0. The molecule has 3 unspecified atom stereocenters. The molecule has 0 saturated carbocycles. The topological polar surface area (TPSA) is 155 Å². The van der Waals surface area contributed by atoms with Gasteiger partial charge in [0, 0.05) is 19.3 Å². The zero-order chi connectivity index (χ0) is 58.3. The van der Waals surface area contributed by atoms with Crippen LogP contribution in [-0.4, -0.2) is 66.5 Å². The van der Waals surface area contributed by atoms with Gasteiger partial charge in [0.25, 0.3) is 0 Å². The number of allylic oxidation sites excluding steroid dienone is 16. The van der Waals surface area contributed by atoms with E-state index in [1.54, 1.807) is 0 Å². The Hall–Kier alpha value is -3.60. The van der Waals surface area contributed by atoms with Gasteiger partial charge in [-0.15, -0.1) is 0 Å². The Labute approximate surface area is 489 Å². The predicted molar refractivity (Wildman–Crippen MR) is 334 cm³/mol. The molecule has 12 heteroatoms. The highest BCUT2D eigenvalue weighted by molar-refractivity contribution is 7.47. The largest absolute Gasteiger partial charge is 0.472 e. The van der Waals surface area contributed by atoms with E-state index in [0.29, 0.717) is 25.7 Å². The minimum absolute atomic E-state index is 0.0392. The first-order chi connectivity index (χ1) is 39.2. The first-order valence-electron chi connectivity index (χ1n) is 32.1. The molecular weight excluding hydrogens is 1020 g/mol. The van der Waals surface area contributed by atoms with Crippen LogP contribution >= 0.6 is 7.82 Å². The van der Waals surface area contributed by atoms with Gasteiger partial charge in [-0.1, -0.05) is 266 Å². The van der Waals surface area contributed by atoms with E-state index in [4.69, 9.17) is 23.3 Å². The molecule has 0 aliphatic rings. The lowest BCUT2D eigenvalue weighted by molar-refractivity contribution is -0.161. The van der Waals surface area contributed by atoms with Gasteiger partial charge in [0.1, 0.15) is 12.7 Å². The summed E-state index contributed by atoms with van der Waals surface area (Å²) in [6, 6.07) is 0. The SMILES string of the molecule is CC/C=C\C/C=C\C/C=C\C/C=C\C/C=C\C/C=C\CCC(=O)OC(COC(=O)CCCCCCCCCCC/C=C\C/C=C\CCCCC)COP(=O)(O)OCC(CO)OC(=O)CCCCCCCCCCCCCCCCC.